The molecule has 3 fully saturated rings. The van der Waals surface area contributed by atoms with E-state index in [-0.39, 0.29) is 5.60 Å². The molecule has 0 N–H and O–H groups in total. The Labute approximate surface area is 80.8 Å². The standard InChI is InChI=1S/C12H20O/c1-12(2,3)13-11-7-4-5-8(11)10-6-9(7)10/h7-11H,4-6H2,1-3H3. The van der Waals surface area contributed by atoms with Crippen LogP contribution in [-0.4, -0.2) is 11.7 Å². The fourth-order valence-electron chi connectivity index (χ4n) is 3.75. The zero-order valence-corrected chi connectivity index (χ0v) is 8.92. The van der Waals surface area contributed by atoms with E-state index in [0.29, 0.717) is 6.10 Å². The van der Waals surface area contributed by atoms with Crippen LogP contribution in [0, 0.1) is 23.7 Å². The molecule has 0 aromatic rings. The van der Waals surface area contributed by atoms with Crippen molar-refractivity contribution in [2.45, 2.75) is 51.7 Å². The first-order valence-corrected chi connectivity index (χ1v) is 5.74. The first kappa shape index (κ1) is 8.28. The Kier molecular flexibility index (Phi) is 1.47. The zero-order chi connectivity index (χ0) is 9.22. The Balaban J connectivity index is 1.74. The van der Waals surface area contributed by atoms with Crippen molar-refractivity contribution < 1.29 is 4.74 Å². The van der Waals surface area contributed by atoms with Crippen LogP contribution >= 0.6 is 0 Å². The summed E-state index contributed by atoms with van der Waals surface area (Å²) < 4.78 is 6.19. The molecule has 0 heterocycles. The summed E-state index contributed by atoms with van der Waals surface area (Å²) in [6.07, 6.45) is 5.06. The van der Waals surface area contributed by atoms with Crippen LogP contribution in [0.5, 0.6) is 0 Å². The second kappa shape index (κ2) is 2.31. The van der Waals surface area contributed by atoms with Gasteiger partial charge in [-0.25, -0.2) is 0 Å². The molecule has 3 aliphatic rings. The van der Waals surface area contributed by atoms with Crippen molar-refractivity contribution in [2.75, 3.05) is 0 Å². The van der Waals surface area contributed by atoms with Crippen molar-refractivity contribution in [3.63, 3.8) is 0 Å². The molecule has 4 atom stereocenters. The minimum Gasteiger partial charge on any atom is -0.372 e. The molecule has 74 valence electrons. The molecular formula is C12H20O. The first-order valence-electron chi connectivity index (χ1n) is 5.74. The molecule has 4 unspecified atom stereocenters. The molecule has 13 heavy (non-hydrogen) atoms. The number of rotatable bonds is 1. The molecule has 0 spiro atoms. The number of ether oxygens (including phenoxy) is 1. The van der Waals surface area contributed by atoms with Crippen LogP contribution in [0.15, 0.2) is 0 Å². The van der Waals surface area contributed by atoms with Gasteiger partial charge in [-0.1, -0.05) is 0 Å². The van der Waals surface area contributed by atoms with Crippen molar-refractivity contribution in [3.05, 3.63) is 0 Å². The molecule has 1 nitrogen and oxygen atoms in total. The summed E-state index contributed by atoms with van der Waals surface area (Å²) >= 11 is 0. The fraction of sp³-hybridized carbons (Fsp3) is 1.00. The Hall–Kier alpha value is -0.0400. The van der Waals surface area contributed by atoms with Gasteiger partial charge in [0.1, 0.15) is 0 Å². The zero-order valence-electron chi connectivity index (χ0n) is 8.92. The minimum atomic E-state index is 0.0717. The largest absolute Gasteiger partial charge is 0.372 e. The lowest BCUT2D eigenvalue weighted by molar-refractivity contribution is -0.0862. The van der Waals surface area contributed by atoms with E-state index >= 15 is 0 Å². The van der Waals surface area contributed by atoms with E-state index in [1.54, 1.807) is 0 Å². The second-order valence-corrected chi connectivity index (χ2v) is 6.16. The van der Waals surface area contributed by atoms with E-state index in [1.807, 2.05) is 0 Å². The monoisotopic (exact) mass is 180 g/mol. The van der Waals surface area contributed by atoms with E-state index in [9.17, 15) is 0 Å². The number of hydrogen-bond acceptors (Lipinski definition) is 1. The van der Waals surface area contributed by atoms with Gasteiger partial charge in [0.2, 0.25) is 0 Å². The molecule has 3 rings (SSSR count). The van der Waals surface area contributed by atoms with E-state index in [0.717, 1.165) is 23.7 Å². The van der Waals surface area contributed by atoms with Crippen molar-refractivity contribution in [1.82, 2.24) is 0 Å². The second-order valence-electron chi connectivity index (χ2n) is 6.16. The molecule has 3 aliphatic carbocycles. The van der Waals surface area contributed by atoms with Crippen LogP contribution in [-0.2, 0) is 4.74 Å². The van der Waals surface area contributed by atoms with E-state index < -0.39 is 0 Å². The first-order chi connectivity index (χ1) is 6.06. The molecule has 0 saturated heterocycles. The summed E-state index contributed by atoms with van der Waals surface area (Å²) in [5.41, 5.74) is 0.0717. The van der Waals surface area contributed by atoms with Gasteiger partial charge in [-0.3, -0.25) is 0 Å². The molecule has 0 aromatic heterocycles. The highest BCUT2D eigenvalue weighted by atomic mass is 16.5. The third-order valence-electron chi connectivity index (χ3n) is 4.16. The van der Waals surface area contributed by atoms with Crippen LogP contribution in [0.2, 0.25) is 0 Å². The Morgan fingerprint density at radius 1 is 0.923 bits per heavy atom. The molecule has 1 heteroatoms. The van der Waals surface area contributed by atoms with Gasteiger partial charge < -0.3 is 4.74 Å². The average Bonchev–Trinajstić information content (AvgIpc) is 2.65. The maximum atomic E-state index is 6.19. The normalized spacial score (nSPS) is 52.4. The van der Waals surface area contributed by atoms with E-state index in [2.05, 4.69) is 20.8 Å². The van der Waals surface area contributed by atoms with Gasteiger partial charge in [0.25, 0.3) is 0 Å². The molecule has 0 radical (unpaired) electrons. The fourth-order valence-corrected chi connectivity index (χ4v) is 3.75. The van der Waals surface area contributed by atoms with Crippen LogP contribution in [0.25, 0.3) is 0 Å². The summed E-state index contributed by atoms with van der Waals surface area (Å²) in [6, 6.07) is 0. The predicted octanol–water partition coefficient (Wildman–Crippen LogP) is 2.85. The molecule has 0 aliphatic heterocycles. The lowest BCUT2D eigenvalue weighted by Crippen LogP contribution is -2.32. The molecular weight excluding hydrogens is 160 g/mol. The SMILES string of the molecule is CC(C)(C)OC1C2CCC1C1CC12. The summed E-state index contributed by atoms with van der Waals surface area (Å²) in [5, 5.41) is 0. The molecule has 3 saturated carbocycles. The number of fused-ring (bicyclic) bond motifs is 5. The predicted molar refractivity (Wildman–Crippen MR) is 52.4 cm³/mol. The van der Waals surface area contributed by atoms with Crippen LogP contribution < -0.4 is 0 Å². The third-order valence-corrected chi connectivity index (χ3v) is 4.16. The van der Waals surface area contributed by atoms with Crippen molar-refractivity contribution >= 4 is 0 Å². The smallest absolute Gasteiger partial charge is 0.0644 e. The Morgan fingerprint density at radius 2 is 1.46 bits per heavy atom. The Bertz CT molecular complexity index is 212. The third kappa shape index (κ3) is 1.16. The highest BCUT2D eigenvalue weighted by Gasteiger charge is 2.63. The van der Waals surface area contributed by atoms with Crippen LogP contribution in [0.3, 0.4) is 0 Å². The quantitative estimate of drug-likeness (QED) is 0.603. The van der Waals surface area contributed by atoms with Gasteiger partial charge in [0, 0.05) is 0 Å². The van der Waals surface area contributed by atoms with E-state index in [1.165, 1.54) is 19.3 Å². The van der Waals surface area contributed by atoms with Gasteiger partial charge in [0.15, 0.2) is 0 Å². The summed E-state index contributed by atoms with van der Waals surface area (Å²) in [5.74, 6) is 4.03. The maximum Gasteiger partial charge on any atom is 0.0644 e. The number of hydrogen-bond donors (Lipinski definition) is 0. The van der Waals surface area contributed by atoms with Crippen LogP contribution in [0.1, 0.15) is 40.0 Å². The topological polar surface area (TPSA) is 9.23 Å². The van der Waals surface area contributed by atoms with E-state index in [4.69, 9.17) is 4.74 Å². The highest BCUT2D eigenvalue weighted by Crippen LogP contribution is 2.66. The molecule has 2 bridgehead atoms. The van der Waals surface area contributed by atoms with Crippen molar-refractivity contribution in [1.29, 1.82) is 0 Å². The molecule has 0 aromatic carbocycles. The van der Waals surface area contributed by atoms with Gasteiger partial charge in [-0.05, 0) is 63.7 Å². The minimum absolute atomic E-state index is 0.0717. The van der Waals surface area contributed by atoms with Gasteiger partial charge in [-0.15, -0.1) is 0 Å². The average molecular weight is 180 g/mol. The van der Waals surface area contributed by atoms with Gasteiger partial charge in [0.05, 0.1) is 11.7 Å². The highest BCUT2D eigenvalue weighted by molar-refractivity contribution is 5.12. The molecule has 0 amide bonds. The Morgan fingerprint density at radius 3 is 1.92 bits per heavy atom. The van der Waals surface area contributed by atoms with Gasteiger partial charge in [-0.2, -0.15) is 0 Å². The summed E-state index contributed by atoms with van der Waals surface area (Å²) in [4.78, 5) is 0. The maximum absolute atomic E-state index is 6.19. The van der Waals surface area contributed by atoms with Crippen LogP contribution in [0.4, 0.5) is 0 Å². The lowest BCUT2D eigenvalue weighted by atomic mass is 10.0. The summed E-state index contributed by atoms with van der Waals surface area (Å²) in [6.45, 7) is 6.57. The summed E-state index contributed by atoms with van der Waals surface area (Å²) in [7, 11) is 0. The van der Waals surface area contributed by atoms with Crippen molar-refractivity contribution in [2.24, 2.45) is 23.7 Å². The lowest BCUT2D eigenvalue weighted by Gasteiger charge is -2.29. The van der Waals surface area contributed by atoms with Gasteiger partial charge >= 0.3 is 0 Å². The van der Waals surface area contributed by atoms with Crippen molar-refractivity contribution in [3.8, 4) is 0 Å².